The Morgan fingerprint density at radius 3 is 2.48 bits per heavy atom. The summed E-state index contributed by atoms with van der Waals surface area (Å²) in [5.74, 6) is -1.22. The number of nitrogens with zero attached hydrogens (tertiary/aromatic N) is 3. The van der Waals surface area contributed by atoms with Crippen LogP contribution in [0.2, 0.25) is 10.2 Å². The van der Waals surface area contributed by atoms with E-state index in [0.29, 0.717) is 28.0 Å². The second-order valence-corrected chi connectivity index (χ2v) is 6.60. The van der Waals surface area contributed by atoms with Crippen LogP contribution < -0.4 is 10.5 Å². The number of halogens is 2. The van der Waals surface area contributed by atoms with Crippen molar-refractivity contribution in [2.45, 2.75) is 13.5 Å². The van der Waals surface area contributed by atoms with Gasteiger partial charge in [0, 0.05) is 5.02 Å². The molecule has 0 aliphatic rings. The number of hydrogen-bond acceptors (Lipinski definition) is 5. The van der Waals surface area contributed by atoms with Crippen molar-refractivity contribution >= 4 is 41.1 Å². The van der Waals surface area contributed by atoms with Crippen molar-refractivity contribution < 1.29 is 9.90 Å². The van der Waals surface area contributed by atoms with Crippen molar-refractivity contribution in [3.63, 3.8) is 0 Å². The molecule has 2 aromatic carbocycles. The first-order valence-corrected chi connectivity index (χ1v) is 8.77. The second-order valence-electron chi connectivity index (χ2n) is 5.81. The van der Waals surface area contributed by atoms with Crippen LogP contribution in [0.1, 0.15) is 27.2 Å². The number of benzene rings is 2. The number of carbonyl (C=O) groups is 1. The number of aromatic carboxylic acids is 1. The van der Waals surface area contributed by atoms with Gasteiger partial charge >= 0.3 is 0 Å². The van der Waals surface area contributed by atoms with Crippen LogP contribution in [0.3, 0.4) is 0 Å². The standard InChI is InChI=1S/C19H16Cl2N4O2/c1-12-17(10-22-23-16-8-4-14(5-9-16)19(26)27)18(21)25(24-12)11-13-2-6-15(20)7-3-13/h2-10,23H,11H2,1H3,(H,26,27)/p-1/b22-10-. The number of nitrogens with one attached hydrogen (secondary N) is 1. The number of rotatable bonds is 6. The molecule has 0 fully saturated rings. The van der Waals surface area contributed by atoms with Crippen LogP contribution in [0, 0.1) is 6.92 Å². The van der Waals surface area contributed by atoms with E-state index in [0.717, 1.165) is 11.3 Å². The van der Waals surface area contributed by atoms with Crippen molar-refractivity contribution in [1.82, 2.24) is 9.78 Å². The molecule has 0 saturated carbocycles. The maximum atomic E-state index is 10.7. The fraction of sp³-hybridized carbons (Fsp3) is 0.105. The largest absolute Gasteiger partial charge is 0.545 e. The van der Waals surface area contributed by atoms with Crippen LogP contribution in [-0.4, -0.2) is 22.0 Å². The van der Waals surface area contributed by atoms with Gasteiger partial charge in [0.15, 0.2) is 0 Å². The van der Waals surface area contributed by atoms with E-state index in [1.165, 1.54) is 12.1 Å². The van der Waals surface area contributed by atoms with E-state index in [4.69, 9.17) is 23.2 Å². The highest BCUT2D eigenvalue weighted by Gasteiger charge is 2.12. The highest BCUT2D eigenvalue weighted by molar-refractivity contribution is 6.32. The Hall–Kier alpha value is -2.83. The van der Waals surface area contributed by atoms with Crippen molar-refractivity contribution in [3.05, 3.63) is 81.1 Å². The fourth-order valence-electron chi connectivity index (χ4n) is 2.43. The van der Waals surface area contributed by atoms with Crippen LogP contribution >= 0.6 is 23.2 Å². The molecule has 0 aliphatic heterocycles. The maximum Gasteiger partial charge on any atom is 0.136 e. The molecule has 0 saturated heterocycles. The van der Waals surface area contributed by atoms with Crippen molar-refractivity contribution in [2.24, 2.45) is 5.10 Å². The van der Waals surface area contributed by atoms with Crippen LogP contribution in [-0.2, 0) is 6.54 Å². The first-order valence-electron chi connectivity index (χ1n) is 8.02. The first kappa shape index (κ1) is 18.9. The van der Waals surface area contributed by atoms with Gasteiger partial charge in [0.1, 0.15) is 5.15 Å². The van der Waals surface area contributed by atoms with E-state index in [9.17, 15) is 9.90 Å². The van der Waals surface area contributed by atoms with Crippen molar-refractivity contribution in [2.75, 3.05) is 5.43 Å². The van der Waals surface area contributed by atoms with Crippen LogP contribution in [0.5, 0.6) is 0 Å². The lowest BCUT2D eigenvalue weighted by Gasteiger charge is -2.04. The number of aromatic nitrogens is 2. The lowest BCUT2D eigenvalue weighted by Crippen LogP contribution is -2.21. The minimum absolute atomic E-state index is 0.104. The number of hydrogen-bond donors (Lipinski definition) is 1. The molecule has 0 unspecified atom stereocenters. The summed E-state index contributed by atoms with van der Waals surface area (Å²) >= 11 is 12.3. The smallest absolute Gasteiger partial charge is 0.136 e. The quantitative estimate of drug-likeness (QED) is 0.507. The molecule has 1 N–H and O–H groups in total. The van der Waals surface area contributed by atoms with Gasteiger partial charge in [-0.1, -0.05) is 47.5 Å². The Morgan fingerprint density at radius 2 is 1.85 bits per heavy atom. The Bertz CT molecular complexity index is 980. The monoisotopic (exact) mass is 401 g/mol. The average Bonchev–Trinajstić information content (AvgIpc) is 2.91. The lowest BCUT2D eigenvalue weighted by molar-refractivity contribution is -0.255. The fourth-order valence-corrected chi connectivity index (χ4v) is 2.84. The number of carbonyl (C=O) groups excluding carboxylic acids is 1. The highest BCUT2D eigenvalue weighted by atomic mass is 35.5. The van der Waals surface area contributed by atoms with Gasteiger partial charge < -0.3 is 9.90 Å². The topological polar surface area (TPSA) is 82.3 Å². The molecular formula is C19H15Cl2N4O2-. The predicted octanol–water partition coefficient (Wildman–Crippen LogP) is 3.36. The minimum atomic E-state index is -1.22. The van der Waals surface area contributed by atoms with Gasteiger partial charge in [0.25, 0.3) is 0 Å². The number of anilines is 1. The summed E-state index contributed by atoms with van der Waals surface area (Å²) in [5, 5.41) is 20.5. The zero-order valence-corrected chi connectivity index (χ0v) is 15.8. The minimum Gasteiger partial charge on any atom is -0.545 e. The molecule has 138 valence electrons. The molecule has 3 aromatic rings. The molecule has 0 amide bonds. The lowest BCUT2D eigenvalue weighted by atomic mass is 10.2. The molecular weight excluding hydrogens is 387 g/mol. The van der Waals surface area contributed by atoms with E-state index >= 15 is 0 Å². The van der Waals surface area contributed by atoms with Crippen LogP contribution in [0.25, 0.3) is 0 Å². The molecule has 3 rings (SSSR count). The van der Waals surface area contributed by atoms with E-state index in [1.54, 1.807) is 23.0 Å². The summed E-state index contributed by atoms with van der Waals surface area (Å²) in [7, 11) is 0. The van der Waals surface area contributed by atoms with Crippen molar-refractivity contribution in [1.29, 1.82) is 0 Å². The molecule has 0 radical (unpaired) electrons. The third kappa shape index (κ3) is 4.67. The Labute approximate surface area is 166 Å². The van der Waals surface area contributed by atoms with Gasteiger partial charge in [-0.25, -0.2) is 4.68 Å². The molecule has 27 heavy (non-hydrogen) atoms. The van der Waals surface area contributed by atoms with E-state index in [-0.39, 0.29) is 5.56 Å². The predicted molar refractivity (Wildman–Crippen MR) is 105 cm³/mol. The Balaban J connectivity index is 1.71. The highest BCUT2D eigenvalue weighted by Crippen LogP contribution is 2.20. The third-order valence-electron chi connectivity index (χ3n) is 3.86. The summed E-state index contributed by atoms with van der Waals surface area (Å²) in [5.41, 5.74) is 6.03. The van der Waals surface area contributed by atoms with Gasteiger partial charge in [0.2, 0.25) is 0 Å². The molecule has 1 aromatic heterocycles. The van der Waals surface area contributed by atoms with Gasteiger partial charge in [-0.2, -0.15) is 10.2 Å². The summed E-state index contributed by atoms with van der Waals surface area (Å²) in [6.45, 7) is 2.36. The average molecular weight is 402 g/mol. The molecule has 1 heterocycles. The maximum absolute atomic E-state index is 10.7. The SMILES string of the molecule is Cc1nn(Cc2ccc(Cl)cc2)c(Cl)c1/C=N\Nc1ccc(C(=O)[O-])cc1. The summed E-state index contributed by atoms with van der Waals surface area (Å²) in [6, 6.07) is 13.5. The summed E-state index contributed by atoms with van der Waals surface area (Å²) in [6.07, 6.45) is 1.58. The Morgan fingerprint density at radius 1 is 1.19 bits per heavy atom. The first-order chi connectivity index (χ1) is 12.9. The molecule has 0 bridgehead atoms. The van der Waals surface area contributed by atoms with E-state index in [2.05, 4.69) is 15.6 Å². The zero-order chi connectivity index (χ0) is 19.4. The van der Waals surface area contributed by atoms with Gasteiger partial charge in [-0.3, -0.25) is 5.43 Å². The second kappa shape index (κ2) is 8.24. The molecule has 0 spiro atoms. The van der Waals surface area contributed by atoms with Gasteiger partial charge in [-0.15, -0.1) is 0 Å². The van der Waals surface area contributed by atoms with Gasteiger partial charge in [-0.05, 0) is 42.3 Å². The number of hydrazone groups is 1. The number of carboxylic acid groups (broad SMARTS) is 1. The third-order valence-corrected chi connectivity index (χ3v) is 4.51. The molecule has 0 aliphatic carbocycles. The number of carboxylic acids is 1. The summed E-state index contributed by atoms with van der Waals surface area (Å²) in [4.78, 5) is 10.7. The summed E-state index contributed by atoms with van der Waals surface area (Å²) < 4.78 is 1.69. The van der Waals surface area contributed by atoms with E-state index < -0.39 is 5.97 Å². The van der Waals surface area contributed by atoms with Crippen molar-refractivity contribution in [3.8, 4) is 0 Å². The molecule has 0 atom stereocenters. The van der Waals surface area contributed by atoms with Gasteiger partial charge in [0.05, 0.1) is 35.7 Å². The normalized spacial score (nSPS) is 11.1. The number of aryl methyl sites for hydroxylation is 1. The van der Waals surface area contributed by atoms with Crippen LogP contribution in [0.15, 0.2) is 53.6 Å². The van der Waals surface area contributed by atoms with Crippen LogP contribution in [0.4, 0.5) is 5.69 Å². The van der Waals surface area contributed by atoms with E-state index in [1.807, 2.05) is 31.2 Å². The molecule has 8 heteroatoms. The zero-order valence-electron chi connectivity index (χ0n) is 14.3. The molecule has 6 nitrogen and oxygen atoms in total. The Kier molecular flexibility index (Phi) is 5.78.